The maximum absolute atomic E-state index is 13.6. The molecule has 1 saturated carbocycles. The molecule has 0 radical (unpaired) electrons. The molecular formula is C19H19ClFNO. The lowest BCUT2D eigenvalue weighted by atomic mass is 9.64. The van der Waals surface area contributed by atoms with E-state index < -0.39 is 5.41 Å². The minimum absolute atomic E-state index is 0.00741. The Morgan fingerprint density at radius 3 is 2.65 bits per heavy atom. The lowest BCUT2D eigenvalue weighted by Gasteiger charge is -2.40. The van der Waals surface area contributed by atoms with Gasteiger partial charge in [-0.25, -0.2) is 4.39 Å². The highest BCUT2D eigenvalue weighted by atomic mass is 35.5. The molecular weight excluding hydrogens is 313 g/mol. The summed E-state index contributed by atoms with van der Waals surface area (Å²) in [5.41, 5.74) is 1.84. The molecule has 0 aromatic heterocycles. The second-order valence-electron chi connectivity index (χ2n) is 6.21. The van der Waals surface area contributed by atoms with E-state index in [1.807, 2.05) is 30.3 Å². The molecule has 0 bridgehead atoms. The third-order valence-corrected chi connectivity index (χ3v) is 4.94. The van der Waals surface area contributed by atoms with E-state index in [0.29, 0.717) is 17.1 Å². The number of nitrogens with one attached hydrogen (secondary N) is 1. The van der Waals surface area contributed by atoms with Crippen molar-refractivity contribution < 1.29 is 9.18 Å². The van der Waals surface area contributed by atoms with E-state index in [2.05, 4.69) is 5.32 Å². The predicted octanol–water partition coefficient (Wildman–Crippen LogP) is 4.53. The highest BCUT2D eigenvalue weighted by molar-refractivity contribution is 6.30. The normalized spacial score (nSPS) is 15.8. The first-order chi connectivity index (χ1) is 11.0. The standard InChI is InChI=1S/C19H19ClFNO/c1-13-6-7-14(10-17(13)21)12-22-18(23)19(8-3-9-19)15-4-2-5-16(20)11-15/h2,4-7,10-11H,3,8-9,12H2,1H3,(H,22,23). The Kier molecular flexibility index (Phi) is 4.40. The molecule has 1 aliphatic rings. The molecule has 1 aliphatic carbocycles. The first-order valence-corrected chi connectivity index (χ1v) is 8.18. The van der Waals surface area contributed by atoms with Crippen molar-refractivity contribution in [3.05, 3.63) is 70.0 Å². The van der Waals surface area contributed by atoms with Crippen molar-refractivity contribution in [3.63, 3.8) is 0 Å². The topological polar surface area (TPSA) is 29.1 Å². The van der Waals surface area contributed by atoms with Gasteiger partial charge >= 0.3 is 0 Å². The van der Waals surface area contributed by atoms with Crippen molar-refractivity contribution in [2.45, 2.75) is 38.1 Å². The van der Waals surface area contributed by atoms with Crippen LogP contribution < -0.4 is 5.32 Å². The van der Waals surface area contributed by atoms with Gasteiger partial charge in [0.1, 0.15) is 5.82 Å². The van der Waals surface area contributed by atoms with Gasteiger partial charge in [0.25, 0.3) is 0 Å². The van der Waals surface area contributed by atoms with Crippen molar-refractivity contribution >= 4 is 17.5 Å². The molecule has 1 fully saturated rings. The molecule has 0 unspecified atom stereocenters. The van der Waals surface area contributed by atoms with Crippen LogP contribution in [0.2, 0.25) is 5.02 Å². The minimum atomic E-state index is -0.492. The molecule has 0 spiro atoms. The number of carbonyl (C=O) groups excluding carboxylic acids is 1. The van der Waals surface area contributed by atoms with Crippen LogP contribution in [0.25, 0.3) is 0 Å². The maximum atomic E-state index is 13.6. The summed E-state index contributed by atoms with van der Waals surface area (Å²) in [6.45, 7) is 2.05. The number of carbonyl (C=O) groups is 1. The monoisotopic (exact) mass is 331 g/mol. The molecule has 1 N–H and O–H groups in total. The van der Waals surface area contributed by atoms with Gasteiger partial charge in [0.2, 0.25) is 5.91 Å². The molecule has 2 aromatic carbocycles. The van der Waals surface area contributed by atoms with Crippen molar-refractivity contribution in [3.8, 4) is 0 Å². The number of halogens is 2. The molecule has 1 amide bonds. The molecule has 120 valence electrons. The number of rotatable bonds is 4. The van der Waals surface area contributed by atoms with Gasteiger partial charge < -0.3 is 5.32 Å². The van der Waals surface area contributed by atoms with E-state index in [4.69, 9.17) is 11.6 Å². The first-order valence-electron chi connectivity index (χ1n) is 7.81. The van der Waals surface area contributed by atoms with E-state index in [1.54, 1.807) is 13.0 Å². The van der Waals surface area contributed by atoms with Crippen LogP contribution in [0.5, 0.6) is 0 Å². The number of amides is 1. The second kappa shape index (κ2) is 6.32. The number of benzene rings is 2. The van der Waals surface area contributed by atoms with Crippen molar-refractivity contribution in [2.24, 2.45) is 0 Å². The minimum Gasteiger partial charge on any atom is -0.351 e. The molecule has 3 rings (SSSR count). The number of hydrogen-bond acceptors (Lipinski definition) is 1. The van der Waals surface area contributed by atoms with Crippen LogP contribution in [0.4, 0.5) is 4.39 Å². The van der Waals surface area contributed by atoms with Gasteiger partial charge in [0, 0.05) is 11.6 Å². The lowest BCUT2D eigenvalue weighted by Crippen LogP contribution is -2.49. The van der Waals surface area contributed by atoms with Crippen LogP contribution in [-0.4, -0.2) is 5.91 Å². The average molecular weight is 332 g/mol. The summed E-state index contributed by atoms with van der Waals surface area (Å²) in [5, 5.41) is 3.60. The largest absolute Gasteiger partial charge is 0.351 e. The number of aryl methyl sites for hydroxylation is 1. The fourth-order valence-electron chi connectivity index (χ4n) is 3.06. The molecule has 4 heteroatoms. The van der Waals surface area contributed by atoms with Crippen LogP contribution in [0.1, 0.15) is 36.0 Å². The van der Waals surface area contributed by atoms with Crippen LogP contribution in [0.3, 0.4) is 0 Å². The first kappa shape index (κ1) is 16.0. The summed E-state index contributed by atoms with van der Waals surface area (Å²) >= 11 is 6.07. The Morgan fingerprint density at radius 2 is 2.04 bits per heavy atom. The van der Waals surface area contributed by atoms with E-state index in [0.717, 1.165) is 30.4 Å². The fourth-order valence-corrected chi connectivity index (χ4v) is 3.25. The number of hydrogen-bond donors (Lipinski definition) is 1. The van der Waals surface area contributed by atoms with Crippen LogP contribution in [0, 0.1) is 12.7 Å². The van der Waals surface area contributed by atoms with Crippen LogP contribution >= 0.6 is 11.6 Å². The van der Waals surface area contributed by atoms with E-state index >= 15 is 0 Å². The highest BCUT2D eigenvalue weighted by Crippen LogP contribution is 2.44. The summed E-state index contributed by atoms with van der Waals surface area (Å²) in [4.78, 5) is 12.7. The van der Waals surface area contributed by atoms with E-state index in [1.165, 1.54) is 6.07 Å². The molecule has 0 aliphatic heterocycles. The van der Waals surface area contributed by atoms with Gasteiger partial charge in [-0.05, 0) is 54.7 Å². The quantitative estimate of drug-likeness (QED) is 0.876. The molecule has 0 atom stereocenters. The summed E-state index contributed by atoms with van der Waals surface area (Å²) in [5.74, 6) is -0.253. The average Bonchev–Trinajstić information content (AvgIpc) is 2.47. The zero-order chi connectivity index (χ0) is 16.4. The molecule has 2 nitrogen and oxygen atoms in total. The maximum Gasteiger partial charge on any atom is 0.230 e. The Balaban J connectivity index is 1.74. The predicted molar refractivity (Wildman–Crippen MR) is 90.0 cm³/mol. The van der Waals surface area contributed by atoms with Crippen LogP contribution in [0.15, 0.2) is 42.5 Å². The molecule has 2 aromatic rings. The van der Waals surface area contributed by atoms with Crippen LogP contribution in [-0.2, 0) is 16.8 Å². The molecule has 0 saturated heterocycles. The van der Waals surface area contributed by atoms with E-state index in [-0.39, 0.29) is 11.7 Å². The second-order valence-corrected chi connectivity index (χ2v) is 6.65. The Bertz CT molecular complexity index is 740. The van der Waals surface area contributed by atoms with Gasteiger partial charge in [0.05, 0.1) is 5.41 Å². The van der Waals surface area contributed by atoms with Crippen molar-refractivity contribution in [1.29, 1.82) is 0 Å². The summed E-state index contributed by atoms with van der Waals surface area (Å²) < 4.78 is 13.6. The van der Waals surface area contributed by atoms with Gasteiger partial charge in [-0.2, -0.15) is 0 Å². The van der Waals surface area contributed by atoms with Crippen molar-refractivity contribution in [2.75, 3.05) is 0 Å². The van der Waals surface area contributed by atoms with Gasteiger partial charge in [0.15, 0.2) is 0 Å². The zero-order valence-corrected chi connectivity index (χ0v) is 13.8. The van der Waals surface area contributed by atoms with Gasteiger partial charge in [-0.1, -0.05) is 42.3 Å². The summed E-state index contributed by atoms with van der Waals surface area (Å²) in [7, 11) is 0. The van der Waals surface area contributed by atoms with Crippen molar-refractivity contribution in [1.82, 2.24) is 5.32 Å². The third kappa shape index (κ3) is 3.11. The smallest absolute Gasteiger partial charge is 0.230 e. The third-order valence-electron chi connectivity index (χ3n) is 4.71. The van der Waals surface area contributed by atoms with E-state index in [9.17, 15) is 9.18 Å². The van der Waals surface area contributed by atoms with Gasteiger partial charge in [-0.3, -0.25) is 4.79 Å². The van der Waals surface area contributed by atoms with Gasteiger partial charge in [-0.15, -0.1) is 0 Å². The SMILES string of the molecule is Cc1ccc(CNC(=O)C2(c3cccc(Cl)c3)CCC2)cc1F. The zero-order valence-electron chi connectivity index (χ0n) is 13.0. The fraction of sp³-hybridized carbons (Fsp3) is 0.316. The highest BCUT2D eigenvalue weighted by Gasteiger charge is 2.45. The Labute approximate surface area is 140 Å². The molecule has 23 heavy (non-hydrogen) atoms. The Morgan fingerprint density at radius 1 is 1.26 bits per heavy atom. The summed E-state index contributed by atoms with van der Waals surface area (Å²) in [6.07, 6.45) is 2.67. The lowest BCUT2D eigenvalue weighted by molar-refractivity contribution is -0.130. The Hall–Kier alpha value is -1.87. The molecule has 0 heterocycles. The summed E-state index contributed by atoms with van der Waals surface area (Å²) in [6, 6.07) is 12.5.